The van der Waals surface area contributed by atoms with Crippen LogP contribution < -0.4 is 9.46 Å². The molecule has 7 nitrogen and oxygen atoms in total. The summed E-state index contributed by atoms with van der Waals surface area (Å²) in [6, 6.07) is 11.6. The summed E-state index contributed by atoms with van der Waals surface area (Å²) < 4.78 is 57.6. The number of hydrogen-bond acceptors (Lipinski definition) is 6. The van der Waals surface area contributed by atoms with E-state index in [1.165, 1.54) is 31.2 Å². The Kier molecular flexibility index (Phi) is 7.65. The van der Waals surface area contributed by atoms with Crippen LogP contribution in [0.4, 0.5) is 4.39 Å². The number of sulfonamides is 1. The fourth-order valence-electron chi connectivity index (χ4n) is 3.88. The summed E-state index contributed by atoms with van der Waals surface area (Å²) in [5.41, 5.74) is 1.19. The van der Waals surface area contributed by atoms with Crippen LogP contribution in [0.25, 0.3) is 11.0 Å². The molecule has 1 aliphatic heterocycles. The molecular weight excluding hydrogens is 461 g/mol. The van der Waals surface area contributed by atoms with Crippen molar-refractivity contribution < 1.29 is 31.5 Å². The van der Waals surface area contributed by atoms with Crippen molar-refractivity contribution in [2.75, 3.05) is 19.8 Å². The van der Waals surface area contributed by atoms with Crippen LogP contribution in [0.2, 0.25) is 0 Å². The molecule has 0 aliphatic carbocycles. The van der Waals surface area contributed by atoms with Crippen LogP contribution in [0, 0.1) is 11.7 Å². The average Bonchev–Trinajstić information content (AvgIpc) is 3.26. The van der Waals surface area contributed by atoms with Crippen molar-refractivity contribution in [1.82, 2.24) is 4.72 Å². The lowest BCUT2D eigenvalue weighted by Crippen LogP contribution is -2.38. The second-order valence-corrected chi connectivity index (χ2v) is 10.2. The fourth-order valence-corrected chi connectivity index (χ4v) is 5.08. The maximum absolute atomic E-state index is 13.4. The maximum Gasteiger partial charge on any atom is 0.274 e. The molecule has 1 aromatic heterocycles. The number of carbonyl (C=O) groups is 1. The number of carbonyl (C=O) groups excluding carboxylic acids is 1. The average molecular weight is 490 g/mol. The largest absolute Gasteiger partial charge is 0.493 e. The SMILES string of the molecule is C[C@H](NS(=O)(=O)c1cc2cc(F)ccc2o1)C(=O)CCc1cccc(OCC2CCOCC2)c1. The van der Waals surface area contributed by atoms with E-state index < -0.39 is 21.9 Å². The highest BCUT2D eigenvalue weighted by molar-refractivity contribution is 7.89. The van der Waals surface area contributed by atoms with Gasteiger partial charge in [-0.3, -0.25) is 4.79 Å². The molecular formula is C25H28FNO6S. The lowest BCUT2D eigenvalue weighted by atomic mass is 10.0. The minimum atomic E-state index is -4.08. The number of Topliss-reactive ketones (excluding diaryl/α,β-unsaturated/α-hetero) is 1. The molecule has 182 valence electrons. The van der Waals surface area contributed by atoms with E-state index in [0.29, 0.717) is 24.3 Å². The van der Waals surface area contributed by atoms with Crippen LogP contribution in [0.3, 0.4) is 0 Å². The molecule has 1 aliphatic rings. The minimum absolute atomic E-state index is 0.165. The molecule has 9 heteroatoms. The quantitative estimate of drug-likeness (QED) is 0.458. The van der Waals surface area contributed by atoms with Gasteiger partial charge in [-0.2, -0.15) is 4.72 Å². The number of benzene rings is 2. The van der Waals surface area contributed by atoms with Gasteiger partial charge < -0.3 is 13.9 Å². The van der Waals surface area contributed by atoms with Crippen molar-refractivity contribution in [2.45, 2.75) is 43.7 Å². The van der Waals surface area contributed by atoms with Crippen molar-refractivity contribution in [3.8, 4) is 5.75 Å². The zero-order valence-electron chi connectivity index (χ0n) is 19.0. The van der Waals surface area contributed by atoms with Crippen molar-refractivity contribution >= 4 is 26.8 Å². The van der Waals surface area contributed by atoms with Gasteiger partial charge in [0.25, 0.3) is 10.0 Å². The minimum Gasteiger partial charge on any atom is -0.493 e. The van der Waals surface area contributed by atoms with Gasteiger partial charge in [0.1, 0.15) is 17.1 Å². The molecule has 1 atom stereocenters. The third-order valence-corrected chi connectivity index (χ3v) is 7.32. The van der Waals surface area contributed by atoms with E-state index in [1.807, 2.05) is 24.3 Å². The number of ketones is 1. The highest BCUT2D eigenvalue weighted by Crippen LogP contribution is 2.24. The maximum atomic E-state index is 13.4. The van der Waals surface area contributed by atoms with Gasteiger partial charge >= 0.3 is 0 Å². The summed E-state index contributed by atoms with van der Waals surface area (Å²) >= 11 is 0. The van der Waals surface area contributed by atoms with Crippen molar-refractivity contribution in [1.29, 1.82) is 0 Å². The number of hydrogen-bond donors (Lipinski definition) is 1. The number of aryl methyl sites for hydroxylation is 1. The van der Waals surface area contributed by atoms with Gasteiger partial charge in [-0.05, 0) is 68.0 Å². The second kappa shape index (κ2) is 10.7. The van der Waals surface area contributed by atoms with E-state index in [2.05, 4.69) is 4.72 Å². The highest BCUT2D eigenvalue weighted by atomic mass is 32.2. The molecule has 0 radical (unpaired) electrons. The molecule has 1 N–H and O–H groups in total. The zero-order valence-corrected chi connectivity index (χ0v) is 19.8. The highest BCUT2D eigenvalue weighted by Gasteiger charge is 2.25. The first-order valence-corrected chi connectivity index (χ1v) is 12.8. The van der Waals surface area contributed by atoms with Crippen molar-refractivity contribution in [2.24, 2.45) is 5.92 Å². The number of fused-ring (bicyclic) bond motifs is 1. The molecule has 0 unspecified atom stereocenters. The zero-order chi connectivity index (χ0) is 24.1. The summed E-state index contributed by atoms with van der Waals surface area (Å²) in [6.07, 6.45) is 2.61. The Hall–Kier alpha value is -2.75. The topological polar surface area (TPSA) is 94.8 Å². The molecule has 0 spiro atoms. The van der Waals surface area contributed by atoms with Gasteiger partial charge in [-0.25, -0.2) is 12.8 Å². The Morgan fingerprint density at radius 3 is 2.76 bits per heavy atom. The Bertz CT molecular complexity index is 1250. The Labute approximate surface area is 198 Å². The summed E-state index contributed by atoms with van der Waals surface area (Å²) in [5.74, 6) is 0.496. The van der Waals surface area contributed by atoms with Crippen molar-refractivity contribution in [3.63, 3.8) is 0 Å². The van der Waals surface area contributed by atoms with Gasteiger partial charge in [0.05, 0.1) is 12.6 Å². The van der Waals surface area contributed by atoms with E-state index in [0.717, 1.165) is 37.4 Å². The summed E-state index contributed by atoms with van der Waals surface area (Å²) in [5, 5.41) is -0.0274. The molecule has 3 aromatic rings. The predicted octanol–water partition coefficient (Wildman–Crippen LogP) is 4.25. The summed E-state index contributed by atoms with van der Waals surface area (Å²) in [7, 11) is -4.08. The van der Waals surface area contributed by atoms with Gasteiger partial charge in [-0.1, -0.05) is 12.1 Å². The molecule has 4 rings (SSSR count). The first-order valence-electron chi connectivity index (χ1n) is 11.3. The van der Waals surface area contributed by atoms with Gasteiger partial charge in [0.15, 0.2) is 5.78 Å². The molecule has 1 saturated heterocycles. The second-order valence-electron chi connectivity index (χ2n) is 8.57. The van der Waals surface area contributed by atoms with Crippen LogP contribution in [-0.4, -0.2) is 40.1 Å². The number of nitrogens with one attached hydrogen (secondary N) is 1. The van der Waals surface area contributed by atoms with Gasteiger partial charge in [0, 0.05) is 31.1 Å². The van der Waals surface area contributed by atoms with E-state index >= 15 is 0 Å². The fraction of sp³-hybridized carbons (Fsp3) is 0.400. The number of furan rings is 1. The van der Waals surface area contributed by atoms with Crippen LogP contribution in [0.5, 0.6) is 5.75 Å². The molecule has 0 saturated carbocycles. The predicted molar refractivity (Wildman–Crippen MR) is 125 cm³/mol. The molecule has 1 fully saturated rings. The van der Waals surface area contributed by atoms with Crippen LogP contribution in [0.15, 0.2) is 58.0 Å². The third-order valence-electron chi connectivity index (χ3n) is 5.92. The lowest BCUT2D eigenvalue weighted by Gasteiger charge is -2.22. The number of rotatable bonds is 10. The molecule has 2 heterocycles. The van der Waals surface area contributed by atoms with Gasteiger partial charge in [0.2, 0.25) is 5.09 Å². The molecule has 0 bridgehead atoms. The summed E-state index contributed by atoms with van der Waals surface area (Å²) in [4.78, 5) is 12.6. The van der Waals surface area contributed by atoms with Crippen LogP contribution in [0.1, 0.15) is 31.7 Å². The van der Waals surface area contributed by atoms with Gasteiger partial charge in [-0.15, -0.1) is 0 Å². The first kappa shape index (κ1) is 24.4. The molecule has 2 aromatic carbocycles. The van der Waals surface area contributed by atoms with Crippen molar-refractivity contribution in [3.05, 3.63) is 59.9 Å². The van der Waals surface area contributed by atoms with Crippen LogP contribution in [-0.2, 0) is 26.0 Å². The third kappa shape index (κ3) is 6.22. The lowest BCUT2D eigenvalue weighted by molar-refractivity contribution is -0.120. The smallest absolute Gasteiger partial charge is 0.274 e. The number of halogens is 1. The monoisotopic (exact) mass is 489 g/mol. The van der Waals surface area contributed by atoms with E-state index in [1.54, 1.807) is 0 Å². The normalized spacial score (nSPS) is 15.9. The Morgan fingerprint density at radius 1 is 1.18 bits per heavy atom. The molecule has 34 heavy (non-hydrogen) atoms. The first-order chi connectivity index (χ1) is 16.3. The van der Waals surface area contributed by atoms with E-state index in [4.69, 9.17) is 13.9 Å². The summed E-state index contributed by atoms with van der Waals surface area (Å²) in [6.45, 7) is 3.68. The standard InChI is InChI=1S/C25H28FNO6S/c1-17(27-34(29,30)25-15-20-14-21(26)6-8-24(20)33-25)23(28)7-5-18-3-2-4-22(13-18)32-16-19-9-11-31-12-10-19/h2-4,6,8,13-15,17,19,27H,5,7,9-12,16H2,1H3/t17-/m0/s1. The Morgan fingerprint density at radius 2 is 1.97 bits per heavy atom. The van der Waals surface area contributed by atoms with E-state index in [9.17, 15) is 17.6 Å². The van der Waals surface area contributed by atoms with E-state index in [-0.39, 0.29) is 22.9 Å². The number of ether oxygens (including phenoxy) is 2. The van der Waals surface area contributed by atoms with Crippen LogP contribution >= 0.6 is 0 Å². The molecule has 0 amide bonds. The Balaban J connectivity index is 1.30.